The Balaban J connectivity index is 2.60. The van der Waals surface area contributed by atoms with E-state index in [9.17, 15) is 9.59 Å². The number of hydrogen-bond acceptors (Lipinski definition) is 6. The number of nitrogens with zero attached hydrogens (tertiary/aromatic N) is 1. The molecule has 0 bridgehead atoms. The molecule has 2 rings (SSSR count). The van der Waals surface area contributed by atoms with E-state index in [0.717, 1.165) is 0 Å². The minimum atomic E-state index is -0.556. The molecule has 0 aliphatic carbocycles. The van der Waals surface area contributed by atoms with Gasteiger partial charge in [-0.05, 0) is 18.6 Å². The fourth-order valence-electron chi connectivity index (χ4n) is 1.90. The Labute approximate surface area is 121 Å². The van der Waals surface area contributed by atoms with Crippen LogP contribution in [-0.2, 0) is 9.63 Å². The third-order valence-electron chi connectivity index (χ3n) is 2.87. The van der Waals surface area contributed by atoms with Crippen LogP contribution in [-0.4, -0.2) is 18.8 Å². The molecule has 2 aromatic rings. The van der Waals surface area contributed by atoms with Gasteiger partial charge in [0.2, 0.25) is 0 Å². The van der Waals surface area contributed by atoms with Crippen molar-refractivity contribution in [2.45, 2.75) is 20.3 Å². The average Bonchev–Trinajstić information content (AvgIpc) is 2.47. The summed E-state index contributed by atoms with van der Waals surface area (Å²) in [6, 6.07) is 6.94. The number of oxime groups is 1. The summed E-state index contributed by atoms with van der Waals surface area (Å²) in [4.78, 5) is 27.5. The first-order chi connectivity index (χ1) is 10.1. The summed E-state index contributed by atoms with van der Waals surface area (Å²) in [6.45, 7) is 3.04. The van der Waals surface area contributed by atoms with E-state index in [2.05, 4.69) is 9.99 Å². The molecule has 1 aromatic heterocycles. The maximum absolute atomic E-state index is 12.1. The van der Waals surface area contributed by atoms with E-state index < -0.39 is 11.6 Å². The number of carbonyl (C=O) groups is 1. The maximum Gasteiger partial charge on any atom is 0.345 e. The Bertz CT molecular complexity index is 760. The number of hydrogen-bond donors (Lipinski definition) is 0. The molecule has 110 valence electrons. The Morgan fingerprint density at radius 3 is 2.76 bits per heavy atom. The van der Waals surface area contributed by atoms with Crippen molar-refractivity contribution in [2.75, 3.05) is 7.11 Å². The molecule has 0 N–H and O–H groups in total. The van der Waals surface area contributed by atoms with E-state index in [0.29, 0.717) is 28.9 Å². The zero-order valence-corrected chi connectivity index (χ0v) is 12.0. The van der Waals surface area contributed by atoms with Crippen molar-refractivity contribution in [1.82, 2.24) is 0 Å². The fraction of sp³-hybridized carbons (Fsp3) is 0.267. The summed E-state index contributed by atoms with van der Waals surface area (Å²) in [7, 11) is 1.50. The van der Waals surface area contributed by atoms with Gasteiger partial charge in [-0.1, -0.05) is 24.2 Å². The lowest BCUT2D eigenvalue weighted by Gasteiger charge is -2.06. The lowest BCUT2D eigenvalue weighted by molar-refractivity contribution is -0.140. The minimum Gasteiger partial charge on any atom is -0.493 e. The zero-order valence-electron chi connectivity index (χ0n) is 12.0. The number of para-hydroxylation sites is 1. The predicted molar refractivity (Wildman–Crippen MR) is 77.6 cm³/mol. The minimum absolute atomic E-state index is 0.263. The van der Waals surface area contributed by atoms with Crippen LogP contribution < -0.4 is 10.4 Å². The van der Waals surface area contributed by atoms with Crippen LogP contribution in [0.3, 0.4) is 0 Å². The first-order valence-corrected chi connectivity index (χ1v) is 6.42. The SMILES string of the molecule is CCC(=NOC(C)=O)c1cc2cccc(OC)c2oc1=O. The molecular formula is C15H15NO5. The Morgan fingerprint density at radius 1 is 1.38 bits per heavy atom. The predicted octanol–water partition coefficient (Wildman–Crippen LogP) is 2.48. The third kappa shape index (κ3) is 3.10. The molecule has 1 heterocycles. The standard InChI is InChI=1S/C15H15NO5/c1-4-12(16-21-9(2)17)11-8-10-6-5-7-13(19-3)14(10)20-15(11)18/h5-8H,4H2,1-3H3. The number of benzene rings is 1. The van der Waals surface area contributed by atoms with Crippen LogP contribution in [0.1, 0.15) is 25.8 Å². The molecule has 21 heavy (non-hydrogen) atoms. The number of fused-ring (bicyclic) bond motifs is 1. The molecule has 6 heteroatoms. The van der Waals surface area contributed by atoms with Crippen molar-refractivity contribution in [3.8, 4) is 5.75 Å². The van der Waals surface area contributed by atoms with Gasteiger partial charge >= 0.3 is 11.6 Å². The van der Waals surface area contributed by atoms with Gasteiger partial charge in [0.25, 0.3) is 0 Å². The van der Waals surface area contributed by atoms with Gasteiger partial charge in [-0.3, -0.25) is 0 Å². The highest BCUT2D eigenvalue weighted by molar-refractivity contribution is 6.02. The van der Waals surface area contributed by atoms with Gasteiger partial charge in [0, 0.05) is 12.3 Å². The normalized spacial score (nSPS) is 11.5. The van der Waals surface area contributed by atoms with E-state index in [1.54, 1.807) is 31.2 Å². The topological polar surface area (TPSA) is 78.1 Å². The largest absolute Gasteiger partial charge is 0.493 e. The van der Waals surface area contributed by atoms with Crippen molar-refractivity contribution in [1.29, 1.82) is 0 Å². The number of methoxy groups -OCH3 is 1. The van der Waals surface area contributed by atoms with Gasteiger partial charge in [0.1, 0.15) is 0 Å². The molecule has 0 amide bonds. The molecule has 0 aliphatic heterocycles. The fourth-order valence-corrected chi connectivity index (χ4v) is 1.90. The first kappa shape index (κ1) is 14.8. The second-order valence-corrected chi connectivity index (χ2v) is 4.30. The molecule has 0 saturated heterocycles. The Morgan fingerprint density at radius 2 is 2.14 bits per heavy atom. The highest BCUT2D eigenvalue weighted by Crippen LogP contribution is 2.24. The van der Waals surface area contributed by atoms with Gasteiger partial charge in [-0.25, -0.2) is 9.59 Å². The quantitative estimate of drug-likeness (QED) is 0.374. The summed E-state index contributed by atoms with van der Waals surface area (Å²) in [5, 5.41) is 4.40. The summed E-state index contributed by atoms with van der Waals surface area (Å²) < 4.78 is 10.5. The van der Waals surface area contributed by atoms with Gasteiger partial charge in [0.05, 0.1) is 18.4 Å². The van der Waals surface area contributed by atoms with E-state index in [1.807, 2.05) is 0 Å². The highest BCUT2D eigenvalue weighted by atomic mass is 16.7. The van der Waals surface area contributed by atoms with Crippen molar-refractivity contribution < 1.29 is 18.8 Å². The van der Waals surface area contributed by atoms with Crippen LogP contribution >= 0.6 is 0 Å². The van der Waals surface area contributed by atoms with Crippen molar-refractivity contribution in [3.05, 3.63) is 40.2 Å². The average molecular weight is 289 g/mol. The van der Waals surface area contributed by atoms with E-state index >= 15 is 0 Å². The maximum atomic E-state index is 12.1. The highest BCUT2D eigenvalue weighted by Gasteiger charge is 2.13. The summed E-state index contributed by atoms with van der Waals surface area (Å²) in [5.74, 6) is -0.0704. The molecule has 0 saturated carbocycles. The molecule has 0 unspecified atom stereocenters. The van der Waals surface area contributed by atoms with Crippen molar-refractivity contribution in [2.24, 2.45) is 5.16 Å². The molecule has 0 fully saturated rings. The smallest absolute Gasteiger partial charge is 0.345 e. The van der Waals surface area contributed by atoms with Gasteiger partial charge in [-0.2, -0.15) is 0 Å². The molecule has 1 aromatic carbocycles. The van der Waals surface area contributed by atoms with Crippen LogP contribution in [0.15, 0.2) is 38.6 Å². The number of ether oxygens (including phenoxy) is 1. The summed E-state index contributed by atoms with van der Waals surface area (Å²) in [6.07, 6.45) is 0.424. The van der Waals surface area contributed by atoms with E-state index in [1.165, 1.54) is 14.0 Å². The van der Waals surface area contributed by atoms with Gasteiger partial charge in [-0.15, -0.1) is 0 Å². The second-order valence-electron chi connectivity index (χ2n) is 4.30. The number of rotatable bonds is 4. The van der Waals surface area contributed by atoms with Crippen LogP contribution in [0.25, 0.3) is 11.0 Å². The molecule has 0 atom stereocenters. The third-order valence-corrected chi connectivity index (χ3v) is 2.87. The van der Waals surface area contributed by atoms with Crippen LogP contribution in [0.2, 0.25) is 0 Å². The molecule has 6 nitrogen and oxygen atoms in total. The molecule has 0 aliphatic rings. The molecule has 0 radical (unpaired) electrons. The van der Waals surface area contributed by atoms with Crippen LogP contribution in [0.4, 0.5) is 0 Å². The van der Waals surface area contributed by atoms with Crippen molar-refractivity contribution in [3.63, 3.8) is 0 Å². The van der Waals surface area contributed by atoms with Crippen molar-refractivity contribution >= 4 is 22.7 Å². The molecular weight excluding hydrogens is 274 g/mol. The van der Waals surface area contributed by atoms with Crippen LogP contribution in [0.5, 0.6) is 5.75 Å². The molecule has 0 spiro atoms. The Hall–Kier alpha value is -2.63. The summed E-state index contributed by atoms with van der Waals surface area (Å²) in [5.41, 5.74) is 0.430. The number of carbonyl (C=O) groups excluding carboxylic acids is 1. The van der Waals surface area contributed by atoms with Crippen LogP contribution in [0, 0.1) is 0 Å². The lowest BCUT2D eigenvalue weighted by Crippen LogP contribution is -2.15. The lowest BCUT2D eigenvalue weighted by atomic mass is 10.1. The van der Waals surface area contributed by atoms with E-state index in [-0.39, 0.29) is 5.56 Å². The monoisotopic (exact) mass is 289 g/mol. The zero-order chi connectivity index (χ0) is 15.4. The Kier molecular flexibility index (Phi) is 4.37. The second kappa shape index (κ2) is 6.21. The van der Waals surface area contributed by atoms with E-state index in [4.69, 9.17) is 9.15 Å². The summed E-state index contributed by atoms with van der Waals surface area (Å²) >= 11 is 0. The van der Waals surface area contributed by atoms with Gasteiger partial charge < -0.3 is 14.0 Å². The van der Waals surface area contributed by atoms with Gasteiger partial charge in [0.15, 0.2) is 11.3 Å². The first-order valence-electron chi connectivity index (χ1n) is 6.42.